The second kappa shape index (κ2) is 2.82. The molecule has 0 atom stereocenters. The van der Waals surface area contributed by atoms with Gasteiger partial charge in [-0.3, -0.25) is 5.01 Å². The van der Waals surface area contributed by atoms with E-state index in [1.165, 1.54) is 5.71 Å². The van der Waals surface area contributed by atoms with Crippen LogP contribution in [0.3, 0.4) is 0 Å². The molecular weight excluding hydrogens is 114 g/mol. The molecule has 3 heteroatoms. The van der Waals surface area contributed by atoms with Gasteiger partial charge in [0.25, 0.3) is 0 Å². The van der Waals surface area contributed by atoms with Crippen molar-refractivity contribution in [1.29, 1.82) is 0 Å². The molecule has 0 spiro atoms. The van der Waals surface area contributed by atoms with Gasteiger partial charge in [-0.05, 0) is 13.0 Å². The molecule has 0 saturated carbocycles. The normalized spacial score (nSPS) is 18.4. The van der Waals surface area contributed by atoms with Gasteiger partial charge in [-0.2, -0.15) is 5.10 Å². The van der Waals surface area contributed by atoms with Crippen LogP contribution in [0.5, 0.6) is 0 Å². The fraction of sp³-hybridized carbons (Fsp3) is 0.833. The van der Waals surface area contributed by atoms with E-state index >= 15 is 0 Å². The summed E-state index contributed by atoms with van der Waals surface area (Å²) in [6.45, 7) is 1.79. The largest absolute Gasteiger partial charge is 0.330 e. The lowest BCUT2D eigenvalue weighted by atomic mass is 10.2. The third kappa shape index (κ3) is 1.68. The first-order valence-electron chi connectivity index (χ1n) is 3.30. The van der Waals surface area contributed by atoms with Crippen molar-refractivity contribution >= 4 is 5.71 Å². The summed E-state index contributed by atoms with van der Waals surface area (Å²) in [4.78, 5) is 0. The lowest BCUT2D eigenvalue weighted by Crippen LogP contribution is -2.05. The average molecular weight is 127 g/mol. The number of nitrogens with zero attached hydrogens (tertiary/aromatic N) is 2. The Kier molecular flexibility index (Phi) is 2.05. The highest BCUT2D eigenvalue weighted by atomic mass is 15.5. The fourth-order valence-electron chi connectivity index (χ4n) is 0.974. The lowest BCUT2D eigenvalue weighted by Gasteiger charge is -2.00. The number of rotatable bonds is 2. The van der Waals surface area contributed by atoms with Crippen molar-refractivity contribution in [1.82, 2.24) is 5.01 Å². The van der Waals surface area contributed by atoms with Crippen LogP contribution < -0.4 is 5.73 Å². The third-order valence-corrected chi connectivity index (χ3v) is 1.47. The minimum absolute atomic E-state index is 0.729. The van der Waals surface area contributed by atoms with Crippen LogP contribution in [0.2, 0.25) is 0 Å². The van der Waals surface area contributed by atoms with Crippen LogP contribution in [0, 0.1) is 0 Å². The van der Waals surface area contributed by atoms with Crippen LogP contribution >= 0.6 is 0 Å². The molecule has 1 aliphatic heterocycles. The van der Waals surface area contributed by atoms with Crippen LogP contribution in [0.25, 0.3) is 0 Å². The maximum absolute atomic E-state index is 5.35. The SMILES string of the molecule is CN1CCC(CCN)=N1. The van der Waals surface area contributed by atoms with Crippen LogP contribution in [-0.4, -0.2) is 30.9 Å². The van der Waals surface area contributed by atoms with Crippen LogP contribution in [0.15, 0.2) is 5.10 Å². The first-order valence-corrected chi connectivity index (χ1v) is 3.30. The summed E-state index contributed by atoms with van der Waals surface area (Å²) in [6, 6.07) is 0. The summed E-state index contributed by atoms with van der Waals surface area (Å²) >= 11 is 0. The molecule has 1 aliphatic rings. The Hall–Kier alpha value is -0.570. The number of hydrogen-bond donors (Lipinski definition) is 1. The van der Waals surface area contributed by atoms with Crippen molar-refractivity contribution in [3.63, 3.8) is 0 Å². The molecule has 0 bridgehead atoms. The van der Waals surface area contributed by atoms with Gasteiger partial charge in [0.2, 0.25) is 0 Å². The number of hydrazone groups is 1. The Morgan fingerprint density at radius 2 is 2.56 bits per heavy atom. The van der Waals surface area contributed by atoms with Crippen molar-refractivity contribution in [2.24, 2.45) is 10.8 Å². The molecule has 1 rings (SSSR count). The molecule has 0 aromatic carbocycles. The third-order valence-electron chi connectivity index (χ3n) is 1.47. The van der Waals surface area contributed by atoms with E-state index in [-0.39, 0.29) is 0 Å². The van der Waals surface area contributed by atoms with Crippen molar-refractivity contribution in [3.05, 3.63) is 0 Å². The predicted molar refractivity (Wildman–Crippen MR) is 38.4 cm³/mol. The fourth-order valence-corrected chi connectivity index (χ4v) is 0.974. The summed E-state index contributed by atoms with van der Waals surface area (Å²) in [7, 11) is 1.99. The average Bonchev–Trinajstić information content (AvgIpc) is 2.17. The van der Waals surface area contributed by atoms with Gasteiger partial charge in [-0.25, -0.2) is 0 Å². The van der Waals surface area contributed by atoms with Gasteiger partial charge in [-0.15, -0.1) is 0 Å². The molecule has 1 heterocycles. The lowest BCUT2D eigenvalue weighted by molar-refractivity contribution is 0.393. The maximum Gasteiger partial charge on any atom is 0.0411 e. The highest BCUT2D eigenvalue weighted by Crippen LogP contribution is 2.04. The molecule has 9 heavy (non-hydrogen) atoms. The van der Waals surface area contributed by atoms with E-state index in [1.807, 2.05) is 12.1 Å². The van der Waals surface area contributed by atoms with Gasteiger partial charge in [0, 0.05) is 25.7 Å². The topological polar surface area (TPSA) is 41.6 Å². The first kappa shape index (κ1) is 6.55. The van der Waals surface area contributed by atoms with Crippen molar-refractivity contribution in [3.8, 4) is 0 Å². The van der Waals surface area contributed by atoms with E-state index in [4.69, 9.17) is 5.73 Å². The predicted octanol–water partition coefficient (Wildman–Crippen LogP) is 0.0267. The minimum atomic E-state index is 0.729. The molecule has 0 saturated heterocycles. The van der Waals surface area contributed by atoms with E-state index < -0.39 is 0 Å². The van der Waals surface area contributed by atoms with E-state index in [0.29, 0.717) is 0 Å². The highest BCUT2D eigenvalue weighted by Gasteiger charge is 2.08. The van der Waals surface area contributed by atoms with Crippen LogP contribution in [0.4, 0.5) is 0 Å². The van der Waals surface area contributed by atoms with Gasteiger partial charge in [0.1, 0.15) is 0 Å². The van der Waals surface area contributed by atoms with Gasteiger partial charge in [0.05, 0.1) is 0 Å². The second-order valence-electron chi connectivity index (χ2n) is 2.34. The van der Waals surface area contributed by atoms with Crippen molar-refractivity contribution in [2.75, 3.05) is 20.1 Å². The van der Waals surface area contributed by atoms with Crippen LogP contribution in [-0.2, 0) is 0 Å². The molecule has 0 unspecified atom stereocenters. The summed E-state index contributed by atoms with van der Waals surface area (Å²) in [5.41, 5.74) is 6.60. The minimum Gasteiger partial charge on any atom is -0.330 e. The molecule has 0 amide bonds. The molecule has 0 radical (unpaired) electrons. The highest BCUT2D eigenvalue weighted by molar-refractivity contribution is 5.85. The summed E-state index contributed by atoms with van der Waals surface area (Å²) in [5.74, 6) is 0. The molecule has 52 valence electrons. The molecule has 0 aromatic rings. The summed E-state index contributed by atoms with van der Waals surface area (Å²) < 4.78 is 0. The van der Waals surface area contributed by atoms with E-state index in [2.05, 4.69) is 5.10 Å². The monoisotopic (exact) mass is 127 g/mol. The molecule has 3 nitrogen and oxygen atoms in total. The Morgan fingerprint density at radius 3 is 3.00 bits per heavy atom. The standard InChI is InChI=1S/C6H13N3/c1-9-5-3-6(8-9)2-4-7/h2-5,7H2,1H3. The Labute approximate surface area is 55.5 Å². The van der Waals surface area contributed by atoms with Gasteiger partial charge < -0.3 is 5.73 Å². The smallest absolute Gasteiger partial charge is 0.0411 e. The second-order valence-corrected chi connectivity index (χ2v) is 2.34. The van der Waals surface area contributed by atoms with Gasteiger partial charge >= 0.3 is 0 Å². The zero-order valence-electron chi connectivity index (χ0n) is 5.80. The van der Waals surface area contributed by atoms with Crippen molar-refractivity contribution < 1.29 is 0 Å². The summed E-state index contributed by atoms with van der Waals surface area (Å²) in [6.07, 6.45) is 2.07. The first-order chi connectivity index (χ1) is 4.33. The summed E-state index contributed by atoms with van der Waals surface area (Å²) in [5, 5.41) is 6.21. The molecule has 0 aliphatic carbocycles. The van der Waals surface area contributed by atoms with Gasteiger partial charge in [-0.1, -0.05) is 0 Å². The van der Waals surface area contributed by atoms with Crippen molar-refractivity contribution in [2.45, 2.75) is 12.8 Å². The molecule has 0 fully saturated rings. The number of hydrogen-bond acceptors (Lipinski definition) is 3. The zero-order valence-corrected chi connectivity index (χ0v) is 5.80. The van der Waals surface area contributed by atoms with E-state index in [1.54, 1.807) is 0 Å². The van der Waals surface area contributed by atoms with Crippen LogP contribution in [0.1, 0.15) is 12.8 Å². The Bertz CT molecular complexity index is 119. The maximum atomic E-state index is 5.35. The van der Waals surface area contributed by atoms with E-state index in [9.17, 15) is 0 Å². The Balaban J connectivity index is 2.33. The molecule has 0 aromatic heterocycles. The van der Waals surface area contributed by atoms with Gasteiger partial charge in [0.15, 0.2) is 0 Å². The van der Waals surface area contributed by atoms with E-state index in [0.717, 1.165) is 25.9 Å². The Morgan fingerprint density at radius 1 is 1.78 bits per heavy atom. The molecular formula is C6H13N3. The quantitative estimate of drug-likeness (QED) is 0.568. The zero-order chi connectivity index (χ0) is 6.69. The number of nitrogens with two attached hydrogens (primary N) is 1. The molecule has 2 N–H and O–H groups in total.